The molecule has 6 heteroatoms. The number of rotatable bonds is 6. The molecular weight excluding hydrogens is 268 g/mol. The van der Waals surface area contributed by atoms with Crippen molar-refractivity contribution in [3.05, 3.63) is 29.8 Å². The maximum atomic E-state index is 11.9. The lowest BCUT2D eigenvalue weighted by atomic mass is 10.2. The van der Waals surface area contributed by atoms with Crippen molar-refractivity contribution in [2.24, 2.45) is 5.10 Å². The molecule has 0 heterocycles. The molecule has 0 fully saturated rings. The van der Waals surface area contributed by atoms with Crippen LogP contribution in [0.25, 0.3) is 0 Å². The number of anilines is 1. The van der Waals surface area contributed by atoms with E-state index in [4.69, 9.17) is 5.73 Å². The van der Waals surface area contributed by atoms with Gasteiger partial charge in [-0.15, -0.1) is 0 Å². The molecule has 0 aliphatic heterocycles. The second-order valence-corrected chi connectivity index (χ2v) is 4.93. The van der Waals surface area contributed by atoms with E-state index in [0.717, 1.165) is 6.42 Å². The Morgan fingerprint density at radius 2 is 2.00 bits per heavy atom. The summed E-state index contributed by atoms with van der Waals surface area (Å²) in [5, 5.41) is 6.75. The van der Waals surface area contributed by atoms with Crippen molar-refractivity contribution in [1.82, 2.24) is 10.7 Å². The minimum absolute atomic E-state index is 0.112. The number of benzene rings is 1. The molecule has 0 saturated heterocycles. The highest BCUT2D eigenvalue weighted by molar-refractivity contribution is 6.02. The minimum Gasteiger partial charge on any atom is -0.398 e. The van der Waals surface area contributed by atoms with Gasteiger partial charge in [-0.1, -0.05) is 19.1 Å². The first-order valence-corrected chi connectivity index (χ1v) is 6.91. The molecule has 114 valence electrons. The Morgan fingerprint density at radius 3 is 2.62 bits per heavy atom. The second kappa shape index (κ2) is 8.04. The third kappa shape index (κ3) is 5.64. The van der Waals surface area contributed by atoms with Gasteiger partial charge in [-0.2, -0.15) is 5.10 Å². The van der Waals surface area contributed by atoms with Crippen LogP contribution in [-0.2, 0) is 4.79 Å². The zero-order valence-electron chi connectivity index (χ0n) is 12.6. The second-order valence-electron chi connectivity index (χ2n) is 4.93. The summed E-state index contributed by atoms with van der Waals surface area (Å²) in [6.45, 7) is 5.62. The SMILES string of the molecule is CC[C@@H](C)NC(=O)CC(C)=NNC(=O)c1ccccc1N. The van der Waals surface area contributed by atoms with Crippen molar-refractivity contribution in [3.8, 4) is 0 Å². The van der Waals surface area contributed by atoms with E-state index < -0.39 is 5.91 Å². The Bertz CT molecular complexity index is 540. The van der Waals surface area contributed by atoms with Crippen LogP contribution in [0.3, 0.4) is 0 Å². The van der Waals surface area contributed by atoms with E-state index in [1.807, 2.05) is 13.8 Å². The number of nitrogens with one attached hydrogen (secondary N) is 2. The molecule has 0 saturated carbocycles. The molecule has 0 unspecified atom stereocenters. The van der Waals surface area contributed by atoms with Gasteiger partial charge in [0.1, 0.15) is 0 Å². The average Bonchev–Trinajstić information content (AvgIpc) is 2.44. The van der Waals surface area contributed by atoms with Gasteiger partial charge in [0.05, 0.1) is 12.0 Å². The van der Waals surface area contributed by atoms with Gasteiger partial charge in [0.15, 0.2) is 0 Å². The molecular formula is C15H22N4O2. The number of nitrogen functional groups attached to an aromatic ring is 1. The standard InChI is InChI=1S/C15H22N4O2/c1-4-10(2)17-14(20)9-11(3)18-19-15(21)12-7-5-6-8-13(12)16/h5-8,10H,4,9,16H2,1-3H3,(H,17,20)(H,19,21)/t10-/m1/s1. The maximum Gasteiger partial charge on any atom is 0.273 e. The molecule has 0 bridgehead atoms. The molecule has 1 aromatic carbocycles. The predicted molar refractivity (Wildman–Crippen MR) is 83.9 cm³/mol. The smallest absolute Gasteiger partial charge is 0.273 e. The van der Waals surface area contributed by atoms with E-state index >= 15 is 0 Å². The Hall–Kier alpha value is -2.37. The predicted octanol–water partition coefficient (Wildman–Crippen LogP) is 1.68. The molecule has 0 spiro atoms. The highest BCUT2D eigenvalue weighted by Crippen LogP contribution is 2.09. The Morgan fingerprint density at radius 1 is 1.33 bits per heavy atom. The lowest BCUT2D eigenvalue weighted by Gasteiger charge is -2.11. The van der Waals surface area contributed by atoms with Gasteiger partial charge in [0.25, 0.3) is 5.91 Å². The van der Waals surface area contributed by atoms with Gasteiger partial charge >= 0.3 is 0 Å². The fourth-order valence-electron chi connectivity index (χ4n) is 1.61. The molecule has 0 aliphatic carbocycles. The van der Waals surface area contributed by atoms with Gasteiger partial charge in [0, 0.05) is 17.4 Å². The van der Waals surface area contributed by atoms with E-state index in [0.29, 0.717) is 17.0 Å². The molecule has 4 N–H and O–H groups in total. The zero-order valence-corrected chi connectivity index (χ0v) is 12.6. The molecule has 0 aromatic heterocycles. The lowest BCUT2D eigenvalue weighted by molar-refractivity contribution is -0.120. The van der Waals surface area contributed by atoms with Crippen LogP contribution >= 0.6 is 0 Å². The number of hydrogen-bond donors (Lipinski definition) is 3. The third-order valence-corrected chi connectivity index (χ3v) is 2.99. The van der Waals surface area contributed by atoms with Gasteiger partial charge in [-0.05, 0) is 32.4 Å². The summed E-state index contributed by atoms with van der Waals surface area (Å²) >= 11 is 0. The summed E-state index contributed by atoms with van der Waals surface area (Å²) in [5.41, 5.74) is 9.38. The number of para-hydroxylation sites is 1. The van der Waals surface area contributed by atoms with Gasteiger partial charge < -0.3 is 11.1 Å². The van der Waals surface area contributed by atoms with Crippen molar-refractivity contribution in [1.29, 1.82) is 0 Å². The molecule has 6 nitrogen and oxygen atoms in total. The highest BCUT2D eigenvalue weighted by atomic mass is 16.2. The topological polar surface area (TPSA) is 96.6 Å². The summed E-state index contributed by atoms with van der Waals surface area (Å²) in [6.07, 6.45) is 1.01. The highest BCUT2D eigenvalue weighted by Gasteiger charge is 2.09. The summed E-state index contributed by atoms with van der Waals surface area (Å²) in [7, 11) is 0. The molecule has 21 heavy (non-hydrogen) atoms. The van der Waals surface area contributed by atoms with Crippen LogP contribution in [0.5, 0.6) is 0 Å². The normalized spacial score (nSPS) is 12.6. The lowest BCUT2D eigenvalue weighted by Crippen LogP contribution is -2.33. The van der Waals surface area contributed by atoms with Crippen LogP contribution < -0.4 is 16.5 Å². The minimum atomic E-state index is -0.394. The van der Waals surface area contributed by atoms with E-state index in [1.165, 1.54) is 0 Å². The van der Waals surface area contributed by atoms with Crippen LogP contribution in [0.4, 0.5) is 5.69 Å². The number of carbonyl (C=O) groups excluding carboxylic acids is 2. The number of hydrogen-bond acceptors (Lipinski definition) is 4. The van der Waals surface area contributed by atoms with Crippen molar-refractivity contribution in [2.45, 2.75) is 39.7 Å². The van der Waals surface area contributed by atoms with E-state index in [9.17, 15) is 9.59 Å². The van der Waals surface area contributed by atoms with Gasteiger partial charge in [-0.3, -0.25) is 9.59 Å². The first-order chi connectivity index (χ1) is 9.93. The van der Waals surface area contributed by atoms with Crippen molar-refractivity contribution in [2.75, 3.05) is 5.73 Å². The summed E-state index contributed by atoms with van der Waals surface area (Å²) < 4.78 is 0. The largest absolute Gasteiger partial charge is 0.398 e. The molecule has 0 aliphatic rings. The number of amides is 2. The Labute approximate surface area is 124 Å². The monoisotopic (exact) mass is 290 g/mol. The fraction of sp³-hybridized carbons (Fsp3) is 0.400. The maximum absolute atomic E-state index is 11.9. The van der Waals surface area contributed by atoms with Gasteiger partial charge in [0.2, 0.25) is 5.91 Å². The van der Waals surface area contributed by atoms with Crippen LogP contribution in [0.1, 0.15) is 44.0 Å². The average molecular weight is 290 g/mol. The quantitative estimate of drug-likeness (QED) is 0.422. The molecule has 0 radical (unpaired) electrons. The first kappa shape index (κ1) is 16.7. The van der Waals surface area contributed by atoms with Crippen LogP contribution in [0, 0.1) is 0 Å². The molecule has 1 atom stereocenters. The van der Waals surface area contributed by atoms with Crippen molar-refractivity contribution < 1.29 is 9.59 Å². The number of carbonyl (C=O) groups is 2. The Kier molecular flexibility index (Phi) is 6.39. The number of nitrogens with two attached hydrogens (primary N) is 1. The van der Waals surface area contributed by atoms with E-state index in [2.05, 4.69) is 15.8 Å². The first-order valence-electron chi connectivity index (χ1n) is 6.91. The van der Waals surface area contributed by atoms with E-state index in [1.54, 1.807) is 31.2 Å². The van der Waals surface area contributed by atoms with Crippen LogP contribution in [0.2, 0.25) is 0 Å². The van der Waals surface area contributed by atoms with Crippen LogP contribution in [-0.4, -0.2) is 23.6 Å². The van der Waals surface area contributed by atoms with E-state index in [-0.39, 0.29) is 18.4 Å². The molecule has 1 aromatic rings. The van der Waals surface area contributed by atoms with Crippen molar-refractivity contribution >= 4 is 23.2 Å². The number of hydrazone groups is 1. The van der Waals surface area contributed by atoms with Crippen molar-refractivity contribution in [3.63, 3.8) is 0 Å². The number of nitrogens with zero attached hydrogens (tertiary/aromatic N) is 1. The summed E-state index contributed by atoms with van der Waals surface area (Å²) in [4.78, 5) is 23.5. The molecule has 2 amide bonds. The Balaban J connectivity index is 2.54. The summed E-state index contributed by atoms with van der Waals surface area (Å²) in [5.74, 6) is -0.506. The third-order valence-electron chi connectivity index (χ3n) is 2.99. The fourth-order valence-corrected chi connectivity index (χ4v) is 1.61. The molecule has 1 rings (SSSR count). The zero-order chi connectivity index (χ0) is 15.8. The van der Waals surface area contributed by atoms with Crippen LogP contribution in [0.15, 0.2) is 29.4 Å². The summed E-state index contributed by atoms with van der Waals surface area (Å²) in [6, 6.07) is 6.86. The van der Waals surface area contributed by atoms with Gasteiger partial charge in [-0.25, -0.2) is 5.43 Å².